The van der Waals surface area contributed by atoms with Crippen molar-refractivity contribution in [3.8, 4) is 0 Å². The van der Waals surface area contributed by atoms with Crippen molar-refractivity contribution < 1.29 is 9.53 Å². The molecule has 1 aromatic heterocycles. The number of carbonyl (C=O) groups is 1. The summed E-state index contributed by atoms with van der Waals surface area (Å²) in [6.45, 7) is 5.58. The lowest BCUT2D eigenvalue weighted by atomic mass is 10.1. The number of nitrogens with zero attached hydrogens (tertiary/aromatic N) is 2. The highest BCUT2D eigenvalue weighted by Crippen LogP contribution is 2.18. The molecule has 0 radical (unpaired) electrons. The molecule has 25 heavy (non-hydrogen) atoms. The third-order valence-corrected chi connectivity index (χ3v) is 4.31. The van der Waals surface area contributed by atoms with Gasteiger partial charge >= 0.3 is 0 Å². The molecule has 3 aromatic rings. The van der Waals surface area contributed by atoms with E-state index < -0.39 is 0 Å². The lowest BCUT2D eigenvalue weighted by Gasteiger charge is -2.16. The predicted molar refractivity (Wildman–Crippen MR) is 98.1 cm³/mol. The Morgan fingerprint density at radius 2 is 1.88 bits per heavy atom. The topological polar surface area (TPSA) is 56.1 Å². The van der Waals surface area contributed by atoms with Gasteiger partial charge in [0.2, 0.25) is 5.91 Å². The summed E-state index contributed by atoms with van der Waals surface area (Å²) in [5, 5.41) is 3.03. The molecule has 3 rings (SSSR count). The number of imidazole rings is 1. The standard InChI is InChI=1S/C20H23N3O2/c1-3-25-13-17-9-5-4-8-16(17)12-21-20(24)15(2)23-14-22-18-10-6-7-11-19(18)23/h4-11,14-15H,3,12-13H2,1-2H3,(H,21,24)/t15-/m0/s1. The molecule has 0 spiro atoms. The number of rotatable bonds is 7. The van der Waals surface area contributed by atoms with E-state index in [2.05, 4.69) is 10.3 Å². The van der Waals surface area contributed by atoms with Crippen molar-refractivity contribution in [3.05, 3.63) is 66.0 Å². The van der Waals surface area contributed by atoms with E-state index in [1.54, 1.807) is 6.33 Å². The van der Waals surface area contributed by atoms with Gasteiger partial charge in [-0.15, -0.1) is 0 Å². The largest absolute Gasteiger partial charge is 0.377 e. The molecule has 0 saturated heterocycles. The van der Waals surface area contributed by atoms with Crippen LogP contribution in [0.3, 0.4) is 0 Å². The second kappa shape index (κ2) is 7.94. The monoisotopic (exact) mass is 337 g/mol. The Labute approximate surface area is 147 Å². The van der Waals surface area contributed by atoms with E-state index in [1.165, 1.54) is 0 Å². The van der Waals surface area contributed by atoms with Crippen molar-refractivity contribution in [2.45, 2.75) is 33.0 Å². The zero-order valence-corrected chi connectivity index (χ0v) is 14.6. The zero-order chi connectivity index (χ0) is 17.6. The number of ether oxygens (including phenoxy) is 1. The second-order valence-corrected chi connectivity index (χ2v) is 5.94. The highest BCUT2D eigenvalue weighted by molar-refractivity contribution is 5.83. The normalized spacial score (nSPS) is 12.2. The number of benzene rings is 2. The summed E-state index contributed by atoms with van der Waals surface area (Å²) in [5.41, 5.74) is 4.03. The Balaban J connectivity index is 1.68. The average Bonchev–Trinajstić information content (AvgIpc) is 3.08. The van der Waals surface area contributed by atoms with Crippen LogP contribution in [0.15, 0.2) is 54.9 Å². The third-order valence-electron chi connectivity index (χ3n) is 4.31. The number of amides is 1. The number of carbonyl (C=O) groups excluding carboxylic acids is 1. The molecule has 1 amide bonds. The molecule has 0 unspecified atom stereocenters. The number of hydrogen-bond donors (Lipinski definition) is 1. The quantitative estimate of drug-likeness (QED) is 0.718. The maximum absolute atomic E-state index is 12.6. The molecule has 1 atom stereocenters. The van der Waals surface area contributed by atoms with E-state index >= 15 is 0 Å². The van der Waals surface area contributed by atoms with Crippen LogP contribution in [-0.2, 0) is 22.7 Å². The van der Waals surface area contributed by atoms with Crippen molar-refractivity contribution in [1.29, 1.82) is 0 Å². The number of para-hydroxylation sites is 2. The number of fused-ring (bicyclic) bond motifs is 1. The first-order chi connectivity index (χ1) is 12.2. The van der Waals surface area contributed by atoms with Crippen LogP contribution in [0.1, 0.15) is 31.0 Å². The number of nitrogens with one attached hydrogen (secondary N) is 1. The molecule has 0 aliphatic carbocycles. The Kier molecular flexibility index (Phi) is 5.46. The number of hydrogen-bond acceptors (Lipinski definition) is 3. The van der Waals surface area contributed by atoms with Gasteiger partial charge in [-0.3, -0.25) is 4.79 Å². The summed E-state index contributed by atoms with van der Waals surface area (Å²) in [6.07, 6.45) is 1.72. The Hall–Kier alpha value is -2.66. The summed E-state index contributed by atoms with van der Waals surface area (Å²) < 4.78 is 7.40. The van der Waals surface area contributed by atoms with E-state index in [4.69, 9.17) is 4.74 Å². The second-order valence-electron chi connectivity index (χ2n) is 5.94. The van der Waals surface area contributed by atoms with E-state index in [-0.39, 0.29) is 11.9 Å². The predicted octanol–water partition coefficient (Wildman–Crippen LogP) is 3.45. The van der Waals surface area contributed by atoms with Gasteiger partial charge < -0.3 is 14.6 Å². The van der Waals surface area contributed by atoms with Gasteiger partial charge in [0.25, 0.3) is 0 Å². The first kappa shape index (κ1) is 17.2. The molecule has 0 fully saturated rings. The minimum absolute atomic E-state index is 0.0330. The molecule has 5 nitrogen and oxygen atoms in total. The smallest absolute Gasteiger partial charge is 0.243 e. The summed E-state index contributed by atoms with van der Waals surface area (Å²) in [4.78, 5) is 16.9. The molecular weight excluding hydrogens is 314 g/mol. The van der Waals surface area contributed by atoms with Gasteiger partial charge in [0.15, 0.2) is 0 Å². The molecule has 2 aromatic carbocycles. The summed E-state index contributed by atoms with van der Waals surface area (Å²) in [7, 11) is 0. The SMILES string of the molecule is CCOCc1ccccc1CNC(=O)[C@H](C)n1cnc2ccccc21. The molecule has 0 aliphatic heterocycles. The van der Waals surface area contributed by atoms with E-state index in [0.717, 1.165) is 22.2 Å². The van der Waals surface area contributed by atoms with E-state index in [9.17, 15) is 4.79 Å². The molecule has 0 bridgehead atoms. The summed E-state index contributed by atoms with van der Waals surface area (Å²) in [6, 6.07) is 15.5. The third kappa shape index (κ3) is 3.88. The summed E-state index contributed by atoms with van der Waals surface area (Å²) >= 11 is 0. The number of aromatic nitrogens is 2. The minimum Gasteiger partial charge on any atom is -0.377 e. The lowest BCUT2D eigenvalue weighted by Crippen LogP contribution is -2.30. The van der Waals surface area contributed by atoms with Gasteiger partial charge in [0.05, 0.1) is 24.0 Å². The van der Waals surface area contributed by atoms with Crippen molar-refractivity contribution >= 4 is 16.9 Å². The maximum Gasteiger partial charge on any atom is 0.243 e. The van der Waals surface area contributed by atoms with Crippen molar-refractivity contribution in [2.75, 3.05) is 6.61 Å². The molecule has 0 aliphatic rings. The van der Waals surface area contributed by atoms with Crippen LogP contribution in [0.5, 0.6) is 0 Å². The van der Waals surface area contributed by atoms with Crippen LogP contribution >= 0.6 is 0 Å². The molecule has 1 N–H and O–H groups in total. The van der Waals surface area contributed by atoms with Gasteiger partial charge in [-0.1, -0.05) is 36.4 Å². The Morgan fingerprint density at radius 3 is 2.68 bits per heavy atom. The molecule has 130 valence electrons. The molecule has 5 heteroatoms. The Bertz CT molecular complexity index is 857. The highest BCUT2D eigenvalue weighted by atomic mass is 16.5. The van der Waals surface area contributed by atoms with Crippen molar-refractivity contribution in [3.63, 3.8) is 0 Å². The van der Waals surface area contributed by atoms with Crippen molar-refractivity contribution in [2.24, 2.45) is 0 Å². The van der Waals surface area contributed by atoms with Crippen LogP contribution in [0.25, 0.3) is 11.0 Å². The lowest BCUT2D eigenvalue weighted by molar-refractivity contribution is -0.123. The summed E-state index contributed by atoms with van der Waals surface area (Å²) in [5.74, 6) is -0.0330. The average molecular weight is 337 g/mol. The van der Waals surface area contributed by atoms with E-state index in [1.807, 2.05) is 66.9 Å². The van der Waals surface area contributed by atoms with Crippen LogP contribution in [-0.4, -0.2) is 22.1 Å². The van der Waals surface area contributed by atoms with Crippen LogP contribution in [0.2, 0.25) is 0 Å². The van der Waals surface area contributed by atoms with Gasteiger partial charge in [-0.05, 0) is 37.1 Å². The van der Waals surface area contributed by atoms with Gasteiger partial charge in [-0.2, -0.15) is 0 Å². The Morgan fingerprint density at radius 1 is 1.16 bits per heavy atom. The first-order valence-corrected chi connectivity index (χ1v) is 8.54. The maximum atomic E-state index is 12.6. The minimum atomic E-state index is -0.327. The van der Waals surface area contributed by atoms with Crippen LogP contribution < -0.4 is 5.32 Å². The molecular formula is C20H23N3O2. The van der Waals surface area contributed by atoms with Crippen LogP contribution in [0, 0.1) is 0 Å². The fraction of sp³-hybridized carbons (Fsp3) is 0.300. The fourth-order valence-electron chi connectivity index (χ4n) is 2.83. The van der Waals surface area contributed by atoms with Gasteiger partial charge in [0, 0.05) is 13.2 Å². The van der Waals surface area contributed by atoms with Crippen molar-refractivity contribution in [1.82, 2.24) is 14.9 Å². The first-order valence-electron chi connectivity index (χ1n) is 8.54. The molecule has 1 heterocycles. The van der Waals surface area contributed by atoms with Crippen LogP contribution in [0.4, 0.5) is 0 Å². The highest BCUT2D eigenvalue weighted by Gasteiger charge is 2.17. The van der Waals surface area contributed by atoms with Gasteiger partial charge in [0.1, 0.15) is 6.04 Å². The zero-order valence-electron chi connectivity index (χ0n) is 14.6. The van der Waals surface area contributed by atoms with E-state index in [0.29, 0.717) is 19.8 Å². The molecule has 0 saturated carbocycles. The fourth-order valence-corrected chi connectivity index (χ4v) is 2.83. The van der Waals surface area contributed by atoms with Gasteiger partial charge in [-0.25, -0.2) is 4.98 Å².